The summed E-state index contributed by atoms with van der Waals surface area (Å²) in [5.74, 6) is 0.933. The number of nitrogens with zero attached hydrogens (tertiary/aromatic N) is 3. The maximum atomic E-state index is 12.4. The number of halogens is 2. The van der Waals surface area contributed by atoms with E-state index >= 15 is 0 Å². The second-order valence-corrected chi connectivity index (χ2v) is 6.39. The van der Waals surface area contributed by atoms with Crippen molar-refractivity contribution in [1.82, 2.24) is 30.4 Å². The van der Waals surface area contributed by atoms with Gasteiger partial charge in [-0.15, -0.1) is 24.8 Å². The van der Waals surface area contributed by atoms with Gasteiger partial charge in [0, 0.05) is 50.8 Å². The molecule has 1 aromatic carbocycles. The van der Waals surface area contributed by atoms with Crippen LogP contribution in [0.3, 0.4) is 0 Å². The molecule has 0 fully saturated rings. The molecular weight excluding hydrogens is 387 g/mol. The molecule has 0 saturated carbocycles. The minimum atomic E-state index is -0.105. The fraction of sp³-hybridized carbons (Fsp3) is 0.389. The fourth-order valence-corrected chi connectivity index (χ4v) is 3.36. The lowest BCUT2D eigenvalue weighted by atomic mass is 10.1. The number of carbonyl (C=O) groups excluding carboxylic acids is 1. The highest BCUT2D eigenvalue weighted by atomic mass is 35.5. The summed E-state index contributed by atoms with van der Waals surface area (Å²) in [6, 6.07) is 8.12. The SMILES string of the molecule is Cl.Cl.Cn1c(CCCNC(=O)c2n[nH]c3c2CNCC3)nc2ccccc21. The van der Waals surface area contributed by atoms with E-state index in [0.717, 1.165) is 53.9 Å². The first-order valence-corrected chi connectivity index (χ1v) is 8.69. The highest BCUT2D eigenvalue weighted by Crippen LogP contribution is 2.16. The monoisotopic (exact) mass is 410 g/mol. The topological polar surface area (TPSA) is 87.6 Å². The molecule has 2 aromatic heterocycles. The number of nitrogens with one attached hydrogen (secondary N) is 3. The number of amides is 1. The van der Waals surface area contributed by atoms with Crippen LogP contribution in [0.2, 0.25) is 0 Å². The normalized spacial score (nSPS) is 12.8. The standard InChI is InChI=1S/C18H22N6O.2ClH/c1-24-15-6-3-2-5-14(15)21-16(24)7-4-9-20-18(25)17-12-11-19-10-8-13(12)22-23-17;;/h2-3,5-6,19H,4,7-11H2,1H3,(H,20,25)(H,22,23);2*1H. The number of hydrogen-bond donors (Lipinski definition) is 3. The molecule has 7 nitrogen and oxygen atoms in total. The van der Waals surface area contributed by atoms with Gasteiger partial charge in [-0.25, -0.2) is 4.98 Å². The van der Waals surface area contributed by atoms with Crippen molar-refractivity contribution in [2.75, 3.05) is 13.1 Å². The number of H-pyrrole nitrogens is 1. The van der Waals surface area contributed by atoms with E-state index in [2.05, 4.69) is 36.4 Å². The quantitative estimate of drug-likeness (QED) is 0.562. The second-order valence-electron chi connectivity index (χ2n) is 6.39. The van der Waals surface area contributed by atoms with Gasteiger partial charge < -0.3 is 15.2 Å². The van der Waals surface area contributed by atoms with Crippen LogP contribution in [-0.2, 0) is 26.4 Å². The maximum Gasteiger partial charge on any atom is 0.272 e. The molecule has 3 heterocycles. The van der Waals surface area contributed by atoms with E-state index in [9.17, 15) is 4.79 Å². The predicted molar refractivity (Wildman–Crippen MR) is 110 cm³/mol. The van der Waals surface area contributed by atoms with Gasteiger partial charge in [0.2, 0.25) is 0 Å². The Balaban J connectivity index is 0.00000131. The van der Waals surface area contributed by atoms with Gasteiger partial charge in [-0.3, -0.25) is 9.89 Å². The van der Waals surface area contributed by atoms with Crippen LogP contribution in [0.5, 0.6) is 0 Å². The molecule has 3 N–H and O–H groups in total. The highest BCUT2D eigenvalue weighted by Gasteiger charge is 2.21. The summed E-state index contributed by atoms with van der Waals surface area (Å²) < 4.78 is 2.12. The van der Waals surface area contributed by atoms with Gasteiger partial charge in [-0.1, -0.05) is 12.1 Å². The van der Waals surface area contributed by atoms with Crippen molar-refractivity contribution < 1.29 is 4.79 Å². The molecule has 0 aliphatic carbocycles. The van der Waals surface area contributed by atoms with Crippen LogP contribution in [0.15, 0.2) is 24.3 Å². The van der Waals surface area contributed by atoms with E-state index in [4.69, 9.17) is 0 Å². The van der Waals surface area contributed by atoms with Gasteiger partial charge >= 0.3 is 0 Å². The first-order chi connectivity index (χ1) is 12.2. The Hall–Kier alpha value is -2.09. The van der Waals surface area contributed by atoms with Crippen LogP contribution in [-0.4, -0.2) is 38.7 Å². The predicted octanol–water partition coefficient (Wildman–Crippen LogP) is 2.15. The average molecular weight is 411 g/mol. The number of aromatic amines is 1. The number of carbonyl (C=O) groups is 1. The Morgan fingerprint density at radius 3 is 2.93 bits per heavy atom. The number of aryl methyl sites for hydroxylation is 2. The van der Waals surface area contributed by atoms with Crippen LogP contribution in [0.25, 0.3) is 11.0 Å². The largest absolute Gasteiger partial charge is 0.351 e. The molecule has 4 rings (SSSR count). The van der Waals surface area contributed by atoms with Crippen molar-refractivity contribution in [2.24, 2.45) is 7.05 Å². The van der Waals surface area contributed by atoms with E-state index in [1.165, 1.54) is 0 Å². The number of para-hydroxylation sites is 2. The van der Waals surface area contributed by atoms with Crippen LogP contribution >= 0.6 is 24.8 Å². The van der Waals surface area contributed by atoms with Gasteiger partial charge in [0.25, 0.3) is 5.91 Å². The number of imidazole rings is 1. The second kappa shape index (κ2) is 9.21. The Labute approximate surface area is 170 Å². The van der Waals surface area contributed by atoms with Crippen molar-refractivity contribution in [3.63, 3.8) is 0 Å². The lowest BCUT2D eigenvalue weighted by molar-refractivity contribution is 0.0947. The molecule has 0 bridgehead atoms. The van der Waals surface area contributed by atoms with E-state index < -0.39 is 0 Å². The van der Waals surface area contributed by atoms with E-state index in [0.29, 0.717) is 18.8 Å². The molecule has 146 valence electrons. The molecule has 9 heteroatoms. The third-order valence-electron chi connectivity index (χ3n) is 4.76. The van der Waals surface area contributed by atoms with Gasteiger partial charge in [-0.2, -0.15) is 5.10 Å². The molecule has 1 amide bonds. The molecule has 1 aliphatic rings. The van der Waals surface area contributed by atoms with Crippen LogP contribution < -0.4 is 10.6 Å². The van der Waals surface area contributed by atoms with Gasteiger partial charge in [-0.05, 0) is 18.6 Å². The summed E-state index contributed by atoms with van der Waals surface area (Å²) >= 11 is 0. The van der Waals surface area contributed by atoms with Gasteiger partial charge in [0.15, 0.2) is 5.69 Å². The molecule has 0 radical (unpaired) electrons. The van der Waals surface area contributed by atoms with E-state index in [1.54, 1.807) is 0 Å². The Kier molecular flexibility index (Phi) is 7.24. The summed E-state index contributed by atoms with van der Waals surface area (Å²) in [4.78, 5) is 17.0. The van der Waals surface area contributed by atoms with Crippen LogP contribution in [0.4, 0.5) is 0 Å². The minimum absolute atomic E-state index is 0. The molecule has 0 unspecified atom stereocenters. The summed E-state index contributed by atoms with van der Waals surface area (Å²) in [7, 11) is 2.03. The van der Waals surface area contributed by atoms with E-state index in [1.807, 2.05) is 25.2 Å². The van der Waals surface area contributed by atoms with Crippen molar-refractivity contribution in [1.29, 1.82) is 0 Å². The molecule has 3 aromatic rings. The zero-order valence-electron chi connectivity index (χ0n) is 15.1. The lowest BCUT2D eigenvalue weighted by Gasteiger charge is -2.12. The van der Waals surface area contributed by atoms with Crippen LogP contribution in [0, 0.1) is 0 Å². The Morgan fingerprint density at radius 2 is 2.11 bits per heavy atom. The number of hydrogen-bond acceptors (Lipinski definition) is 4. The van der Waals surface area contributed by atoms with Crippen LogP contribution in [0.1, 0.15) is 34.0 Å². The molecular formula is C18H24Cl2N6O. The summed E-state index contributed by atoms with van der Waals surface area (Å²) in [5.41, 5.74) is 4.74. The van der Waals surface area contributed by atoms with Gasteiger partial charge in [0.05, 0.1) is 11.0 Å². The first-order valence-electron chi connectivity index (χ1n) is 8.69. The Morgan fingerprint density at radius 1 is 1.30 bits per heavy atom. The molecule has 0 spiro atoms. The van der Waals surface area contributed by atoms with Crippen molar-refractivity contribution >= 4 is 41.8 Å². The minimum Gasteiger partial charge on any atom is -0.351 e. The molecule has 1 aliphatic heterocycles. The lowest BCUT2D eigenvalue weighted by Crippen LogP contribution is -2.29. The van der Waals surface area contributed by atoms with E-state index in [-0.39, 0.29) is 30.7 Å². The smallest absolute Gasteiger partial charge is 0.272 e. The summed E-state index contributed by atoms with van der Waals surface area (Å²) in [5, 5.41) is 13.4. The Bertz CT molecular complexity index is 920. The highest BCUT2D eigenvalue weighted by molar-refractivity contribution is 5.94. The molecule has 0 atom stereocenters. The number of aromatic nitrogens is 4. The summed E-state index contributed by atoms with van der Waals surface area (Å²) in [6.07, 6.45) is 2.56. The number of benzene rings is 1. The van der Waals surface area contributed by atoms with Crippen molar-refractivity contribution in [2.45, 2.75) is 25.8 Å². The average Bonchev–Trinajstić information content (AvgIpc) is 3.21. The van der Waals surface area contributed by atoms with Crippen molar-refractivity contribution in [3.8, 4) is 0 Å². The zero-order chi connectivity index (χ0) is 17.2. The third-order valence-corrected chi connectivity index (χ3v) is 4.76. The third kappa shape index (κ3) is 4.26. The maximum absolute atomic E-state index is 12.4. The van der Waals surface area contributed by atoms with Gasteiger partial charge in [0.1, 0.15) is 5.82 Å². The first kappa shape index (κ1) is 21.2. The molecule has 27 heavy (non-hydrogen) atoms. The van der Waals surface area contributed by atoms with Crippen molar-refractivity contribution in [3.05, 3.63) is 47.0 Å². The molecule has 0 saturated heterocycles. The fourth-order valence-electron chi connectivity index (χ4n) is 3.36. The zero-order valence-corrected chi connectivity index (χ0v) is 16.8. The number of rotatable bonds is 5. The number of fused-ring (bicyclic) bond motifs is 2. The summed E-state index contributed by atoms with van der Waals surface area (Å²) in [6.45, 7) is 2.24.